The second-order valence-corrected chi connectivity index (χ2v) is 6.78. The molecule has 1 unspecified atom stereocenters. The Bertz CT molecular complexity index is 715. The van der Waals surface area contributed by atoms with Crippen LogP contribution in [0.3, 0.4) is 0 Å². The number of benzene rings is 1. The summed E-state index contributed by atoms with van der Waals surface area (Å²) in [5.41, 5.74) is 1.56. The summed E-state index contributed by atoms with van der Waals surface area (Å²) < 4.78 is 36.3. The van der Waals surface area contributed by atoms with Gasteiger partial charge in [-0.1, -0.05) is 19.1 Å². The fraction of sp³-hybridized carbons (Fsp3) is 0.267. The van der Waals surface area contributed by atoms with Crippen molar-refractivity contribution in [3.05, 3.63) is 59.7 Å². The summed E-state index contributed by atoms with van der Waals surface area (Å²) in [5.74, 6) is -0.400. The van der Waals surface area contributed by atoms with Crippen LogP contribution in [-0.2, 0) is 9.84 Å². The van der Waals surface area contributed by atoms with Crippen LogP contribution in [-0.4, -0.2) is 26.2 Å². The van der Waals surface area contributed by atoms with Crippen LogP contribution in [0.15, 0.2) is 47.6 Å². The molecule has 0 spiro atoms. The molecule has 1 aromatic heterocycles. The van der Waals surface area contributed by atoms with Gasteiger partial charge in [-0.05, 0) is 35.9 Å². The number of rotatable bonds is 5. The molecule has 1 atom stereocenters. The van der Waals surface area contributed by atoms with Crippen LogP contribution in [0.5, 0.6) is 0 Å². The Hall–Kier alpha value is -1.79. The smallest absolute Gasteiger partial charge is 0.175 e. The van der Waals surface area contributed by atoms with E-state index >= 15 is 0 Å². The predicted octanol–water partition coefficient (Wildman–Crippen LogP) is 2.32. The highest BCUT2D eigenvalue weighted by Gasteiger charge is 2.15. The maximum atomic E-state index is 13.3. The van der Waals surface area contributed by atoms with Crippen molar-refractivity contribution in [2.45, 2.75) is 17.9 Å². The van der Waals surface area contributed by atoms with Crippen molar-refractivity contribution in [3.8, 4) is 0 Å². The SMILES string of the molecule is CCNC(c1ccc(S(C)(=O)=O)cc1)c1cncc(F)c1. The third-order valence-corrected chi connectivity index (χ3v) is 4.24. The summed E-state index contributed by atoms with van der Waals surface area (Å²) in [4.78, 5) is 4.12. The number of halogens is 1. The third kappa shape index (κ3) is 3.86. The molecule has 1 heterocycles. The molecule has 1 N–H and O–H groups in total. The van der Waals surface area contributed by atoms with E-state index in [2.05, 4.69) is 10.3 Å². The lowest BCUT2D eigenvalue weighted by molar-refractivity contribution is 0.595. The number of hydrogen-bond acceptors (Lipinski definition) is 4. The van der Waals surface area contributed by atoms with Crippen molar-refractivity contribution in [2.24, 2.45) is 0 Å². The van der Waals surface area contributed by atoms with E-state index in [-0.39, 0.29) is 10.9 Å². The zero-order valence-corrected chi connectivity index (χ0v) is 12.7. The fourth-order valence-corrected chi connectivity index (χ4v) is 2.76. The highest BCUT2D eigenvalue weighted by Crippen LogP contribution is 2.23. The van der Waals surface area contributed by atoms with Crippen LogP contribution < -0.4 is 5.32 Å². The van der Waals surface area contributed by atoms with Gasteiger partial charge < -0.3 is 5.32 Å². The number of hydrogen-bond donors (Lipinski definition) is 1. The second kappa shape index (κ2) is 6.32. The van der Waals surface area contributed by atoms with Crippen LogP contribution in [0, 0.1) is 5.82 Å². The number of aromatic nitrogens is 1. The Balaban J connectivity index is 2.39. The van der Waals surface area contributed by atoms with Crippen molar-refractivity contribution in [3.63, 3.8) is 0 Å². The van der Waals surface area contributed by atoms with E-state index < -0.39 is 15.7 Å². The van der Waals surface area contributed by atoms with E-state index in [0.717, 1.165) is 11.8 Å². The summed E-state index contributed by atoms with van der Waals surface area (Å²) >= 11 is 0. The van der Waals surface area contributed by atoms with E-state index in [1.54, 1.807) is 30.5 Å². The van der Waals surface area contributed by atoms with Crippen LogP contribution in [0.4, 0.5) is 4.39 Å². The molecule has 0 saturated heterocycles. The van der Waals surface area contributed by atoms with Gasteiger partial charge in [0.2, 0.25) is 0 Å². The average Bonchev–Trinajstić information content (AvgIpc) is 2.44. The van der Waals surface area contributed by atoms with Gasteiger partial charge in [-0.15, -0.1) is 0 Å². The van der Waals surface area contributed by atoms with Gasteiger partial charge in [-0.25, -0.2) is 12.8 Å². The standard InChI is InChI=1S/C15H17FN2O2S/c1-3-18-15(12-8-13(16)10-17-9-12)11-4-6-14(7-5-11)21(2,19)20/h4-10,15,18H,3H2,1-2H3. The first kappa shape index (κ1) is 15.6. The molecule has 1 aromatic carbocycles. The van der Waals surface area contributed by atoms with Gasteiger partial charge in [0.1, 0.15) is 5.82 Å². The number of nitrogens with one attached hydrogen (secondary N) is 1. The summed E-state index contributed by atoms with van der Waals surface area (Å²) in [6, 6.07) is 7.77. The first-order valence-corrected chi connectivity index (χ1v) is 8.45. The highest BCUT2D eigenvalue weighted by molar-refractivity contribution is 7.90. The van der Waals surface area contributed by atoms with E-state index in [0.29, 0.717) is 12.1 Å². The minimum absolute atomic E-state index is 0.230. The molecular formula is C15H17FN2O2S. The van der Waals surface area contributed by atoms with Crippen molar-refractivity contribution >= 4 is 9.84 Å². The Labute approximate surface area is 124 Å². The molecule has 6 heteroatoms. The van der Waals surface area contributed by atoms with Gasteiger partial charge in [-0.2, -0.15) is 0 Å². The second-order valence-electron chi connectivity index (χ2n) is 4.77. The molecule has 4 nitrogen and oxygen atoms in total. The van der Waals surface area contributed by atoms with Gasteiger partial charge in [0.25, 0.3) is 0 Å². The van der Waals surface area contributed by atoms with Gasteiger partial charge in [0.15, 0.2) is 9.84 Å². The predicted molar refractivity (Wildman–Crippen MR) is 79.3 cm³/mol. The Morgan fingerprint density at radius 2 is 1.86 bits per heavy atom. The number of pyridine rings is 1. The van der Waals surface area contributed by atoms with Crippen LogP contribution in [0.25, 0.3) is 0 Å². The number of nitrogens with zero attached hydrogens (tertiary/aromatic N) is 1. The highest BCUT2D eigenvalue weighted by atomic mass is 32.2. The van der Waals surface area contributed by atoms with Crippen LogP contribution in [0.2, 0.25) is 0 Å². The Kier molecular flexibility index (Phi) is 4.69. The molecule has 0 aliphatic carbocycles. The molecular weight excluding hydrogens is 291 g/mol. The van der Waals surface area contributed by atoms with E-state index in [1.165, 1.54) is 12.3 Å². The monoisotopic (exact) mass is 308 g/mol. The quantitative estimate of drug-likeness (QED) is 0.921. The summed E-state index contributed by atoms with van der Waals surface area (Å²) in [6.45, 7) is 2.64. The first-order valence-electron chi connectivity index (χ1n) is 6.55. The largest absolute Gasteiger partial charge is 0.306 e. The van der Waals surface area contributed by atoms with Crippen molar-refractivity contribution < 1.29 is 12.8 Å². The molecule has 0 bridgehead atoms. The maximum Gasteiger partial charge on any atom is 0.175 e. The lowest BCUT2D eigenvalue weighted by atomic mass is 10.0. The Morgan fingerprint density at radius 1 is 1.19 bits per heavy atom. The molecule has 0 radical (unpaired) electrons. The summed E-state index contributed by atoms with van der Waals surface area (Å²) in [7, 11) is -3.22. The van der Waals surface area contributed by atoms with Gasteiger partial charge in [0.05, 0.1) is 17.1 Å². The molecule has 0 amide bonds. The summed E-state index contributed by atoms with van der Waals surface area (Å²) in [5, 5.41) is 3.24. The molecule has 112 valence electrons. The van der Waals surface area contributed by atoms with Gasteiger partial charge >= 0.3 is 0 Å². The molecule has 0 fully saturated rings. The molecule has 0 aliphatic rings. The zero-order valence-electron chi connectivity index (χ0n) is 11.9. The van der Waals surface area contributed by atoms with E-state index in [1.807, 2.05) is 6.92 Å². The normalized spacial score (nSPS) is 13.1. The van der Waals surface area contributed by atoms with E-state index in [9.17, 15) is 12.8 Å². The lowest BCUT2D eigenvalue weighted by Crippen LogP contribution is -2.22. The van der Waals surface area contributed by atoms with Crippen LogP contribution in [0.1, 0.15) is 24.1 Å². The fourth-order valence-electron chi connectivity index (χ4n) is 2.13. The maximum absolute atomic E-state index is 13.3. The molecule has 2 rings (SSSR count). The minimum atomic E-state index is -3.22. The first-order chi connectivity index (χ1) is 9.91. The van der Waals surface area contributed by atoms with Crippen molar-refractivity contribution in [1.82, 2.24) is 10.3 Å². The molecule has 2 aromatic rings. The van der Waals surface area contributed by atoms with Gasteiger partial charge in [-0.3, -0.25) is 4.98 Å². The number of sulfone groups is 1. The molecule has 0 aliphatic heterocycles. The average molecular weight is 308 g/mol. The Morgan fingerprint density at radius 3 is 2.38 bits per heavy atom. The molecule has 21 heavy (non-hydrogen) atoms. The third-order valence-electron chi connectivity index (χ3n) is 3.11. The minimum Gasteiger partial charge on any atom is -0.306 e. The lowest BCUT2D eigenvalue weighted by Gasteiger charge is -2.19. The van der Waals surface area contributed by atoms with Crippen LogP contribution >= 0.6 is 0 Å². The van der Waals surface area contributed by atoms with Gasteiger partial charge in [0, 0.05) is 12.5 Å². The zero-order chi connectivity index (χ0) is 15.5. The van der Waals surface area contributed by atoms with Crippen molar-refractivity contribution in [1.29, 1.82) is 0 Å². The van der Waals surface area contributed by atoms with E-state index in [4.69, 9.17) is 0 Å². The summed E-state index contributed by atoms with van der Waals surface area (Å²) in [6.07, 6.45) is 3.92. The van der Waals surface area contributed by atoms with Crippen molar-refractivity contribution in [2.75, 3.05) is 12.8 Å². The topological polar surface area (TPSA) is 59.1 Å². The molecule has 0 saturated carbocycles.